The van der Waals surface area contributed by atoms with Gasteiger partial charge in [-0.1, -0.05) is 147 Å². The van der Waals surface area contributed by atoms with Crippen LogP contribution >= 0.6 is 7.82 Å². The van der Waals surface area contributed by atoms with Crippen molar-refractivity contribution >= 4 is 19.8 Å². The number of hydrogen-bond donors (Lipinski definition) is 3. The minimum atomic E-state index is -4.60. The van der Waals surface area contributed by atoms with E-state index in [1.165, 1.54) is 89.9 Å². The molecule has 0 heterocycles. The van der Waals surface area contributed by atoms with Crippen LogP contribution < -0.4 is 0 Å². The molecule has 0 saturated carbocycles. The van der Waals surface area contributed by atoms with Crippen LogP contribution in [0.15, 0.2) is 24.3 Å². The van der Waals surface area contributed by atoms with Gasteiger partial charge in [0.2, 0.25) is 0 Å². The second-order valence-corrected chi connectivity index (χ2v) is 15.1. The van der Waals surface area contributed by atoms with Crippen LogP contribution in [-0.2, 0) is 32.7 Å². The van der Waals surface area contributed by atoms with Crippen molar-refractivity contribution in [2.45, 2.75) is 193 Å². The minimum absolute atomic E-state index is 0.183. The Hall–Kier alpha value is -1.55. The molecule has 0 aromatic carbocycles. The summed E-state index contributed by atoms with van der Waals surface area (Å²) >= 11 is 0. The average molecular weight is 747 g/mol. The highest BCUT2D eigenvalue weighted by molar-refractivity contribution is 7.47. The number of allylic oxidation sites excluding steroid dienone is 4. The van der Waals surface area contributed by atoms with Crippen LogP contribution in [0.3, 0.4) is 0 Å². The Kier molecular flexibility index (Phi) is 35.7. The fourth-order valence-corrected chi connectivity index (χ4v) is 6.22. The lowest BCUT2D eigenvalue weighted by Crippen LogP contribution is -2.29. The molecule has 0 spiro atoms. The Morgan fingerprint density at radius 2 is 1.02 bits per heavy atom. The number of rotatable bonds is 38. The third kappa shape index (κ3) is 36.6. The summed E-state index contributed by atoms with van der Waals surface area (Å²) in [7, 11) is -4.60. The third-order valence-electron chi connectivity index (χ3n) is 8.61. The summed E-state index contributed by atoms with van der Waals surface area (Å²) in [6.45, 7) is 2.26. The van der Waals surface area contributed by atoms with Gasteiger partial charge in [-0.05, 0) is 44.9 Å². The first-order valence-electron chi connectivity index (χ1n) is 20.3. The molecule has 0 aromatic rings. The van der Waals surface area contributed by atoms with Gasteiger partial charge in [-0.3, -0.25) is 18.6 Å². The number of carbonyl (C=O) groups is 2. The molecule has 0 radical (unpaired) electrons. The number of phosphoric acid groups is 1. The van der Waals surface area contributed by atoms with Gasteiger partial charge in [0.15, 0.2) is 6.10 Å². The number of ether oxygens (including phenoxy) is 2. The maximum Gasteiger partial charge on any atom is 0.472 e. The first-order chi connectivity index (χ1) is 24.7. The van der Waals surface area contributed by atoms with Gasteiger partial charge in [0.05, 0.1) is 19.8 Å². The molecule has 0 aliphatic carbocycles. The first-order valence-corrected chi connectivity index (χ1v) is 21.8. The van der Waals surface area contributed by atoms with Crippen LogP contribution in [0.4, 0.5) is 0 Å². The largest absolute Gasteiger partial charge is 0.472 e. The smallest absolute Gasteiger partial charge is 0.462 e. The van der Waals surface area contributed by atoms with Crippen molar-refractivity contribution in [3.05, 3.63) is 24.3 Å². The third-order valence-corrected chi connectivity index (χ3v) is 9.56. The van der Waals surface area contributed by atoms with E-state index in [1.807, 2.05) is 0 Å². The van der Waals surface area contributed by atoms with E-state index in [1.54, 1.807) is 0 Å². The van der Waals surface area contributed by atoms with Crippen LogP contribution in [0, 0.1) is 0 Å². The molecule has 300 valence electrons. The molecule has 0 fully saturated rings. The molecular formula is C40H75O10P. The quantitative estimate of drug-likeness (QED) is 0.0241. The van der Waals surface area contributed by atoms with Crippen LogP contribution in [0.1, 0.15) is 181 Å². The summed E-state index contributed by atoms with van der Waals surface area (Å²) in [5, 5.41) is 18.2. The molecule has 0 amide bonds. The Morgan fingerprint density at radius 3 is 1.51 bits per heavy atom. The molecule has 0 bridgehead atoms. The van der Waals surface area contributed by atoms with E-state index in [9.17, 15) is 24.2 Å². The van der Waals surface area contributed by atoms with E-state index in [2.05, 4.69) is 42.7 Å². The summed E-state index contributed by atoms with van der Waals surface area (Å²) in [6, 6.07) is 0. The van der Waals surface area contributed by atoms with Crippen molar-refractivity contribution < 1.29 is 47.8 Å². The lowest BCUT2D eigenvalue weighted by atomic mass is 10.0. The van der Waals surface area contributed by atoms with E-state index >= 15 is 0 Å². The van der Waals surface area contributed by atoms with E-state index in [4.69, 9.17) is 19.1 Å². The molecule has 10 nitrogen and oxygen atoms in total. The van der Waals surface area contributed by atoms with E-state index in [-0.39, 0.29) is 19.4 Å². The predicted octanol–water partition coefficient (Wildman–Crippen LogP) is 10.2. The number of carbonyl (C=O) groups excluding carboxylic acids is 2. The first kappa shape index (κ1) is 49.5. The number of phosphoric ester groups is 1. The standard InChI is InChI=1S/C40H75O10P/c1-3-5-7-9-10-11-12-13-14-15-16-17-18-19-20-21-22-23-24-25-26-28-30-32-40(44)50-38(35-47-39(43)31-29-27-8-6-4-2)36-49-51(45,46)48-34-37(42)33-41/h12-13,15-16,37-38,41-42H,3-11,14,17-36H2,1-2H3,(H,45,46)/b13-12-,16-15-. The summed E-state index contributed by atoms with van der Waals surface area (Å²) in [6.07, 6.45) is 34.9. The summed E-state index contributed by atoms with van der Waals surface area (Å²) < 4.78 is 32.4. The Bertz CT molecular complexity index is 910. The SMILES string of the molecule is CCCCCCC/C=C\C/C=C\CCCCCCCCCCCCCC(=O)OC(COC(=O)CCCCCCC)COP(=O)(O)OCC(O)CO. The van der Waals surface area contributed by atoms with Crippen LogP contribution in [-0.4, -0.2) is 65.7 Å². The Morgan fingerprint density at radius 1 is 0.588 bits per heavy atom. The number of aliphatic hydroxyl groups is 2. The molecule has 0 aliphatic heterocycles. The summed E-state index contributed by atoms with van der Waals surface area (Å²) in [4.78, 5) is 34.6. The topological polar surface area (TPSA) is 149 Å². The zero-order chi connectivity index (χ0) is 37.7. The molecule has 0 aliphatic rings. The van der Waals surface area contributed by atoms with Gasteiger partial charge in [0.1, 0.15) is 12.7 Å². The van der Waals surface area contributed by atoms with Crippen LogP contribution in [0.5, 0.6) is 0 Å². The van der Waals surface area contributed by atoms with Crippen molar-refractivity contribution in [1.82, 2.24) is 0 Å². The molecule has 3 N–H and O–H groups in total. The maximum atomic E-state index is 12.5. The molecule has 3 atom stereocenters. The zero-order valence-corrected chi connectivity index (χ0v) is 33.2. The molecule has 3 unspecified atom stereocenters. The highest BCUT2D eigenvalue weighted by Crippen LogP contribution is 2.43. The number of esters is 2. The molecule has 0 rings (SSSR count). The molecule has 0 aromatic heterocycles. The van der Waals surface area contributed by atoms with E-state index in [0.29, 0.717) is 12.8 Å². The lowest BCUT2D eigenvalue weighted by Gasteiger charge is -2.20. The van der Waals surface area contributed by atoms with Gasteiger partial charge >= 0.3 is 19.8 Å². The van der Waals surface area contributed by atoms with E-state index in [0.717, 1.165) is 51.4 Å². The van der Waals surface area contributed by atoms with Crippen molar-refractivity contribution in [1.29, 1.82) is 0 Å². The minimum Gasteiger partial charge on any atom is -0.462 e. The lowest BCUT2D eigenvalue weighted by molar-refractivity contribution is -0.161. The Labute approximate surface area is 310 Å². The highest BCUT2D eigenvalue weighted by atomic mass is 31.2. The van der Waals surface area contributed by atoms with Gasteiger partial charge in [-0.15, -0.1) is 0 Å². The maximum absolute atomic E-state index is 12.5. The van der Waals surface area contributed by atoms with Gasteiger partial charge in [0.25, 0.3) is 0 Å². The molecule has 0 saturated heterocycles. The van der Waals surface area contributed by atoms with Crippen LogP contribution in [0.2, 0.25) is 0 Å². The average Bonchev–Trinajstić information content (AvgIpc) is 3.12. The summed E-state index contributed by atoms with van der Waals surface area (Å²) in [5.41, 5.74) is 0. The highest BCUT2D eigenvalue weighted by Gasteiger charge is 2.27. The van der Waals surface area contributed by atoms with Crippen molar-refractivity contribution in [3.8, 4) is 0 Å². The number of aliphatic hydroxyl groups excluding tert-OH is 2. The second kappa shape index (κ2) is 36.8. The number of unbranched alkanes of at least 4 members (excludes halogenated alkanes) is 20. The molecular weight excluding hydrogens is 671 g/mol. The predicted molar refractivity (Wildman–Crippen MR) is 205 cm³/mol. The molecule has 51 heavy (non-hydrogen) atoms. The summed E-state index contributed by atoms with van der Waals surface area (Å²) in [5.74, 6) is -0.938. The van der Waals surface area contributed by atoms with Crippen molar-refractivity contribution in [2.24, 2.45) is 0 Å². The van der Waals surface area contributed by atoms with Gasteiger partial charge < -0.3 is 24.6 Å². The fraction of sp³-hybridized carbons (Fsp3) is 0.850. The Balaban J connectivity index is 4.07. The number of hydrogen-bond acceptors (Lipinski definition) is 9. The normalized spacial score (nSPS) is 14.2. The second-order valence-electron chi connectivity index (χ2n) is 13.7. The zero-order valence-electron chi connectivity index (χ0n) is 32.3. The fourth-order valence-electron chi connectivity index (χ4n) is 5.43. The van der Waals surface area contributed by atoms with Crippen molar-refractivity contribution in [3.63, 3.8) is 0 Å². The van der Waals surface area contributed by atoms with Gasteiger partial charge in [0, 0.05) is 12.8 Å². The monoisotopic (exact) mass is 747 g/mol. The van der Waals surface area contributed by atoms with Gasteiger partial charge in [-0.2, -0.15) is 0 Å². The van der Waals surface area contributed by atoms with Gasteiger partial charge in [-0.25, -0.2) is 4.57 Å². The van der Waals surface area contributed by atoms with Crippen molar-refractivity contribution in [2.75, 3.05) is 26.4 Å². The molecule has 11 heteroatoms. The van der Waals surface area contributed by atoms with E-state index < -0.39 is 51.8 Å². The van der Waals surface area contributed by atoms with Crippen LogP contribution in [0.25, 0.3) is 0 Å².